The molecule has 0 fully saturated rings. The summed E-state index contributed by atoms with van der Waals surface area (Å²) in [5.41, 5.74) is 8.49. The Kier molecular flexibility index (Phi) is 3.00. The molecule has 0 aliphatic carbocycles. The number of hydrogen-bond donors (Lipinski definition) is 1. The molecule has 0 aliphatic rings. The molecule has 3 nitrogen and oxygen atoms in total. The van der Waals surface area contributed by atoms with E-state index >= 15 is 0 Å². The Balaban J connectivity index is 3.02. The van der Waals surface area contributed by atoms with Crippen LogP contribution >= 0.6 is 0 Å². The quantitative estimate of drug-likeness (QED) is 0.798. The zero-order chi connectivity index (χ0) is 10.9. The van der Waals surface area contributed by atoms with Crippen LogP contribution in [0.2, 0.25) is 0 Å². The van der Waals surface area contributed by atoms with Crippen LogP contribution in [-0.4, -0.2) is 15.8 Å². The number of aromatic nitrogens is 2. The summed E-state index contributed by atoms with van der Waals surface area (Å²) in [6.07, 6.45) is 2.89. The Hall–Kier alpha value is -0.830. The number of hydrogen-bond acceptors (Lipinski definition) is 2. The first-order chi connectivity index (χ1) is 6.34. The van der Waals surface area contributed by atoms with E-state index in [2.05, 4.69) is 25.9 Å². The predicted octanol–water partition coefficient (Wildman–Crippen LogP) is 1.74. The lowest BCUT2D eigenvalue weighted by atomic mass is 9.81. The van der Waals surface area contributed by atoms with Gasteiger partial charge in [-0.3, -0.25) is 4.68 Å². The molecule has 0 saturated heterocycles. The van der Waals surface area contributed by atoms with Crippen molar-refractivity contribution in [1.82, 2.24) is 9.78 Å². The van der Waals surface area contributed by atoms with Crippen LogP contribution in [-0.2, 0) is 12.5 Å². The summed E-state index contributed by atoms with van der Waals surface area (Å²) in [4.78, 5) is 0. The molecule has 1 aromatic heterocycles. The molecule has 0 spiro atoms. The highest BCUT2D eigenvalue weighted by atomic mass is 15.3. The molecule has 1 rings (SSSR count). The number of nitrogens with zero attached hydrogens (tertiary/aromatic N) is 2. The van der Waals surface area contributed by atoms with E-state index in [1.54, 1.807) is 0 Å². The first-order valence-electron chi connectivity index (χ1n) is 5.09. The van der Waals surface area contributed by atoms with Gasteiger partial charge in [0.25, 0.3) is 0 Å². The lowest BCUT2D eigenvalue weighted by Gasteiger charge is -2.27. The van der Waals surface area contributed by atoms with Gasteiger partial charge < -0.3 is 5.73 Å². The van der Waals surface area contributed by atoms with Crippen molar-refractivity contribution in [1.29, 1.82) is 0 Å². The maximum atomic E-state index is 5.86. The minimum absolute atomic E-state index is 0.101. The molecule has 0 aromatic carbocycles. The van der Waals surface area contributed by atoms with Gasteiger partial charge in [0.2, 0.25) is 0 Å². The summed E-state index contributed by atoms with van der Waals surface area (Å²) in [6, 6.07) is 0.222. The van der Waals surface area contributed by atoms with Gasteiger partial charge in [0.1, 0.15) is 0 Å². The summed E-state index contributed by atoms with van der Waals surface area (Å²) in [6.45, 7) is 8.60. The van der Waals surface area contributed by atoms with Crippen LogP contribution in [0.5, 0.6) is 0 Å². The molecule has 2 N–H and O–H groups in total. The van der Waals surface area contributed by atoms with Gasteiger partial charge in [-0.05, 0) is 25.8 Å². The smallest absolute Gasteiger partial charge is 0.0521 e. The lowest BCUT2D eigenvalue weighted by Crippen LogP contribution is -2.30. The number of aryl methyl sites for hydroxylation is 2. The first kappa shape index (κ1) is 11.2. The molecule has 0 bridgehead atoms. The summed E-state index contributed by atoms with van der Waals surface area (Å²) in [5, 5.41) is 4.27. The van der Waals surface area contributed by atoms with Crippen LogP contribution in [0.3, 0.4) is 0 Å². The van der Waals surface area contributed by atoms with Crippen molar-refractivity contribution in [2.45, 2.75) is 45.6 Å². The average molecular weight is 195 g/mol. The zero-order valence-corrected chi connectivity index (χ0v) is 9.83. The molecule has 1 heterocycles. The van der Waals surface area contributed by atoms with Gasteiger partial charge in [-0.15, -0.1) is 0 Å². The van der Waals surface area contributed by atoms with Crippen LogP contribution in [0.25, 0.3) is 0 Å². The number of nitrogens with two attached hydrogens (primary N) is 1. The zero-order valence-electron chi connectivity index (χ0n) is 9.83. The third kappa shape index (κ3) is 2.15. The highest BCUT2D eigenvalue weighted by molar-refractivity contribution is 5.24. The first-order valence-corrected chi connectivity index (χ1v) is 5.09. The van der Waals surface area contributed by atoms with Crippen LogP contribution in [0.1, 0.15) is 38.4 Å². The summed E-state index contributed by atoms with van der Waals surface area (Å²) < 4.78 is 1.96. The fourth-order valence-electron chi connectivity index (χ4n) is 2.42. The van der Waals surface area contributed by atoms with E-state index in [0.717, 1.165) is 6.42 Å². The molecule has 80 valence electrons. The molecule has 1 unspecified atom stereocenters. The van der Waals surface area contributed by atoms with Gasteiger partial charge in [-0.1, -0.05) is 13.8 Å². The second kappa shape index (κ2) is 3.73. The van der Waals surface area contributed by atoms with Crippen molar-refractivity contribution in [2.75, 3.05) is 0 Å². The Bertz CT molecular complexity index is 291. The fourth-order valence-corrected chi connectivity index (χ4v) is 2.42. The van der Waals surface area contributed by atoms with E-state index in [1.807, 2.05) is 24.9 Å². The molecule has 0 saturated carbocycles. The van der Waals surface area contributed by atoms with Gasteiger partial charge in [-0.25, -0.2) is 0 Å². The van der Waals surface area contributed by atoms with Crippen LogP contribution in [0.4, 0.5) is 0 Å². The molecule has 0 radical (unpaired) electrons. The molecule has 0 aliphatic heterocycles. The van der Waals surface area contributed by atoms with E-state index in [1.165, 1.54) is 11.3 Å². The van der Waals surface area contributed by atoms with Gasteiger partial charge >= 0.3 is 0 Å². The Morgan fingerprint density at radius 3 is 2.50 bits per heavy atom. The second-order valence-electron chi connectivity index (χ2n) is 4.87. The largest absolute Gasteiger partial charge is 0.328 e. The summed E-state index contributed by atoms with van der Waals surface area (Å²) in [7, 11) is 1.99. The predicted molar refractivity (Wildman–Crippen MR) is 59.2 cm³/mol. The maximum Gasteiger partial charge on any atom is 0.0521 e. The molecular weight excluding hydrogens is 174 g/mol. The summed E-state index contributed by atoms with van der Waals surface area (Å²) in [5.74, 6) is 0. The molecule has 1 aromatic rings. The lowest BCUT2D eigenvalue weighted by molar-refractivity contribution is 0.406. The number of rotatable bonds is 3. The monoisotopic (exact) mass is 195 g/mol. The van der Waals surface area contributed by atoms with Gasteiger partial charge in [0, 0.05) is 24.2 Å². The molecular formula is C11H21N3. The molecule has 14 heavy (non-hydrogen) atoms. The van der Waals surface area contributed by atoms with Crippen molar-refractivity contribution in [3.8, 4) is 0 Å². The Morgan fingerprint density at radius 2 is 2.14 bits per heavy atom. The minimum Gasteiger partial charge on any atom is -0.328 e. The van der Waals surface area contributed by atoms with E-state index in [-0.39, 0.29) is 11.5 Å². The van der Waals surface area contributed by atoms with Gasteiger partial charge in [-0.2, -0.15) is 5.10 Å². The maximum absolute atomic E-state index is 5.86. The van der Waals surface area contributed by atoms with Gasteiger partial charge in [0.05, 0.1) is 6.20 Å². The van der Waals surface area contributed by atoms with Crippen LogP contribution in [0, 0.1) is 6.92 Å². The van der Waals surface area contributed by atoms with E-state index in [9.17, 15) is 0 Å². The molecule has 0 amide bonds. The standard InChI is InChI=1S/C11H21N3/c1-8-7-13-14(5)10(8)11(3,4)6-9(2)12/h7,9H,6,12H2,1-5H3. The highest BCUT2D eigenvalue weighted by Gasteiger charge is 2.27. The van der Waals surface area contributed by atoms with Crippen LogP contribution in [0.15, 0.2) is 6.20 Å². The Labute approximate surface area is 86.3 Å². The molecule has 1 atom stereocenters. The van der Waals surface area contributed by atoms with E-state index in [4.69, 9.17) is 5.73 Å². The van der Waals surface area contributed by atoms with Crippen molar-refractivity contribution >= 4 is 0 Å². The highest BCUT2D eigenvalue weighted by Crippen LogP contribution is 2.29. The van der Waals surface area contributed by atoms with Crippen LogP contribution < -0.4 is 5.73 Å². The second-order valence-corrected chi connectivity index (χ2v) is 4.87. The van der Waals surface area contributed by atoms with Crippen molar-refractivity contribution < 1.29 is 0 Å². The van der Waals surface area contributed by atoms with Crippen molar-refractivity contribution in [3.05, 3.63) is 17.5 Å². The SMILES string of the molecule is Cc1cnn(C)c1C(C)(C)CC(C)N. The minimum atomic E-state index is 0.101. The van der Waals surface area contributed by atoms with E-state index in [0.29, 0.717) is 0 Å². The van der Waals surface area contributed by atoms with Gasteiger partial charge in [0.15, 0.2) is 0 Å². The Morgan fingerprint density at radius 1 is 1.57 bits per heavy atom. The molecule has 3 heteroatoms. The van der Waals surface area contributed by atoms with Crippen molar-refractivity contribution in [2.24, 2.45) is 12.8 Å². The average Bonchev–Trinajstić information content (AvgIpc) is 2.27. The third-order valence-corrected chi connectivity index (χ3v) is 2.60. The normalized spacial score (nSPS) is 14.4. The fraction of sp³-hybridized carbons (Fsp3) is 0.727. The topological polar surface area (TPSA) is 43.8 Å². The van der Waals surface area contributed by atoms with E-state index < -0.39 is 0 Å². The summed E-state index contributed by atoms with van der Waals surface area (Å²) >= 11 is 0. The third-order valence-electron chi connectivity index (χ3n) is 2.60. The van der Waals surface area contributed by atoms with Crippen molar-refractivity contribution in [3.63, 3.8) is 0 Å².